The minimum atomic E-state index is -0.467. The van der Waals surface area contributed by atoms with Crippen LogP contribution in [0.4, 0.5) is 11.4 Å². The molecule has 78 valence electrons. The maximum Gasteiger partial charge on any atom is 0.298 e. The number of nitro benzene ring substituents is 1. The van der Waals surface area contributed by atoms with Gasteiger partial charge in [0.15, 0.2) is 5.69 Å². The average molecular weight is 207 g/mol. The average Bonchev–Trinajstić information content (AvgIpc) is 2.63. The van der Waals surface area contributed by atoms with Gasteiger partial charge < -0.3 is 0 Å². The van der Waals surface area contributed by atoms with E-state index in [0.29, 0.717) is 11.0 Å². The third-order valence-corrected chi connectivity index (χ3v) is 2.18. The van der Waals surface area contributed by atoms with Crippen molar-refractivity contribution < 1.29 is 9.86 Å². The third-order valence-electron chi connectivity index (χ3n) is 2.18. The third kappa shape index (κ3) is 1.39. The molecule has 0 saturated carbocycles. The molecule has 0 saturated heterocycles. The van der Waals surface area contributed by atoms with E-state index in [0.717, 1.165) is 10.8 Å². The van der Waals surface area contributed by atoms with E-state index >= 15 is 0 Å². The van der Waals surface area contributed by atoms with Crippen molar-refractivity contribution in [1.82, 2.24) is 0 Å². The van der Waals surface area contributed by atoms with Gasteiger partial charge in [0.25, 0.3) is 5.69 Å². The number of fused-ring (bicyclic) bond motifs is 1. The lowest BCUT2D eigenvalue weighted by molar-refractivity contribution is -0.384. The highest BCUT2D eigenvalue weighted by Crippen LogP contribution is 2.20. The molecule has 1 heterocycles. The van der Waals surface area contributed by atoms with Gasteiger partial charge in [0.2, 0.25) is 0 Å². The first-order valence-electron chi connectivity index (χ1n) is 4.36. The zero-order valence-corrected chi connectivity index (χ0v) is 8.27. The Kier molecular flexibility index (Phi) is 2.03. The number of benzene rings is 1. The Morgan fingerprint density at radius 2 is 2.27 bits per heavy atom. The van der Waals surface area contributed by atoms with Gasteiger partial charge in [-0.3, -0.25) is 15.1 Å². The highest BCUT2D eigenvalue weighted by Gasteiger charge is 2.20. The number of hydrogen-bond donors (Lipinski definition) is 1. The molecule has 1 aromatic carbocycles. The second-order valence-electron chi connectivity index (χ2n) is 3.40. The Balaban J connectivity index is 2.86. The van der Waals surface area contributed by atoms with Gasteiger partial charge in [-0.25, -0.2) is 0 Å². The van der Waals surface area contributed by atoms with Crippen LogP contribution in [-0.4, -0.2) is 4.92 Å². The zero-order valence-electron chi connectivity index (χ0n) is 8.27. The van der Waals surface area contributed by atoms with Gasteiger partial charge in [-0.15, -0.1) is 0 Å². The van der Waals surface area contributed by atoms with Crippen LogP contribution in [0.15, 0.2) is 17.3 Å². The highest BCUT2D eigenvalue weighted by molar-refractivity contribution is 5.62. The van der Waals surface area contributed by atoms with E-state index in [1.54, 1.807) is 6.07 Å². The Morgan fingerprint density at radius 1 is 1.53 bits per heavy atom. The van der Waals surface area contributed by atoms with Crippen molar-refractivity contribution in [3.05, 3.63) is 32.8 Å². The molecule has 1 aliphatic heterocycles. The van der Waals surface area contributed by atoms with Gasteiger partial charge in [0.05, 0.1) is 4.92 Å². The van der Waals surface area contributed by atoms with Crippen LogP contribution in [0.3, 0.4) is 0 Å². The van der Waals surface area contributed by atoms with Gasteiger partial charge in [-0.05, 0) is 19.9 Å². The van der Waals surface area contributed by atoms with Gasteiger partial charge in [0.1, 0.15) is 5.36 Å². The maximum atomic E-state index is 10.7. The minimum Gasteiger partial charge on any atom is -0.270 e. The number of rotatable bonds is 1. The molecule has 0 amide bonds. The SMILES string of the molecule is CC(C)=c1ccc([N+](=O)[O-])c2c1=NON2. The van der Waals surface area contributed by atoms with Crippen molar-refractivity contribution >= 4 is 16.9 Å². The number of anilines is 1. The van der Waals surface area contributed by atoms with Gasteiger partial charge in [0, 0.05) is 11.3 Å². The van der Waals surface area contributed by atoms with E-state index in [4.69, 9.17) is 0 Å². The Bertz CT molecular complexity index is 546. The summed E-state index contributed by atoms with van der Waals surface area (Å²) in [5.74, 6) is 0. The van der Waals surface area contributed by atoms with Crippen molar-refractivity contribution in [2.45, 2.75) is 13.8 Å². The van der Waals surface area contributed by atoms with Crippen LogP contribution in [0, 0.1) is 10.1 Å². The quantitative estimate of drug-likeness (QED) is 0.542. The fourth-order valence-corrected chi connectivity index (χ4v) is 1.45. The molecular weight excluding hydrogens is 198 g/mol. The maximum absolute atomic E-state index is 10.7. The summed E-state index contributed by atoms with van der Waals surface area (Å²) in [5.41, 5.74) is 3.74. The lowest BCUT2D eigenvalue weighted by atomic mass is 10.1. The Labute approximate surface area is 85.0 Å². The molecule has 0 spiro atoms. The van der Waals surface area contributed by atoms with Crippen LogP contribution in [0.2, 0.25) is 0 Å². The molecule has 0 unspecified atom stereocenters. The fourth-order valence-electron chi connectivity index (χ4n) is 1.45. The smallest absolute Gasteiger partial charge is 0.270 e. The van der Waals surface area contributed by atoms with Crippen molar-refractivity contribution in [1.29, 1.82) is 0 Å². The molecule has 0 aromatic heterocycles. The lowest BCUT2D eigenvalue weighted by Crippen LogP contribution is -2.26. The summed E-state index contributed by atoms with van der Waals surface area (Å²) in [6.45, 7) is 3.82. The lowest BCUT2D eigenvalue weighted by Gasteiger charge is -1.97. The van der Waals surface area contributed by atoms with Crippen molar-refractivity contribution in [2.24, 2.45) is 5.16 Å². The monoisotopic (exact) mass is 207 g/mol. The van der Waals surface area contributed by atoms with Gasteiger partial charge in [-0.2, -0.15) is 5.48 Å². The van der Waals surface area contributed by atoms with Crippen molar-refractivity contribution in [2.75, 3.05) is 5.48 Å². The normalized spacial score (nSPS) is 12.1. The molecule has 0 aliphatic carbocycles. The molecule has 0 atom stereocenters. The van der Waals surface area contributed by atoms with Gasteiger partial charge in [-0.1, -0.05) is 10.7 Å². The zero-order chi connectivity index (χ0) is 11.0. The van der Waals surface area contributed by atoms with Crippen LogP contribution in [-0.2, 0) is 4.94 Å². The van der Waals surface area contributed by atoms with Crippen molar-refractivity contribution in [3.8, 4) is 0 Å². The van der Waals surface area contributed by atoms with Crippen LogP contribution < -0.4 is 16.1 Å². The molecule has 0 bridgehead atoms. The number of hydrogen-bond acceptors (Lipinski definition) is 5. The second-order valence-corrected chi connectivity index (χ2v) is 3.40. The summed E-state index contributed by atoms with van der Waals surface area (Å²) in [6.07, 6.45) is 0. The Morgan fingerprint density at radius 3 is 2.87 bits per heavy atom. The van der Waals surface area contributed by atoms with Gasteiger partial charge >= 0.3 is 0 Å². The fraction of sp³-hybridized carbons (Fsp3) is 0.222. The Hall–Kier alpha value is -2.11. The summed E-state index contributed by atoms with van der Waals surface area (Å²) in [7, 11) is 0. The van der Waals surface area contributed by atoms with Crippen molar-refractivity contribution in [3.63, 3.8) is 0 Å². The molecule has 1 aromatic rings. The first-order valence-corrected chi connectivity index (χ1v) is 4.36. The summed E-state index contributed by atoms with van der Waals surface area (Å²) >= 11 is 0. The largest absolute Gasteiger partial charge is 0.298 e. The van der Waals surface area contributed by atoms with Crippen LogP contribution in [0.1, 0.15) is 13.8 Å². The molecule has 0 radical (unpaired) electrons. The second kappa shape index (κ2) is 3.23. The predicted molar refractivity (Wildman–Crippen MR) is 53.3 cm³/mol. The minimum absolute atomic E-state index is 0.0312. The van der Waals surface area contributed by atoms with E-state index in [2.05, 4.69) is 15.6 Å². The summed E-state index contributed by atoms with van der Waals surface area (Å²) in [5, 5.41) is 15.8. The first kappa shape index (κ1) is 9.45. The number of nitro groups is 1. The number of nitrogens with one attached hydrogen (secondary N) is 1. The van der Waals surface area contributed by atoms with Crippen LogP contribution >= 0.6 is 0 Å². The van der Waals surface area contributed by atoms with E-state index in [9.17, 15) is 10.1 Å². The standard InChI is InChI=1S/C9H9N3O3/c1-5(2)6-3-4-7(12(13)14)9-8(6)10-15-11-9/h3-4,11H,1-2H3. The van der Waals surface area contributed by atoms with Crippen LogP contribution in [0.25, 0.3) is 5.57 Å². The molecule has 15 heavy (non-hydrogen) atoms. The summed E-state index contributed by atoms with van der Waals surface area (Å²) in [6, 6.07) is 3.12. The van der Waals surface area contributed by atoms with E-state index in [1.165, 1.54) is 6.07 Å². The molecule has 6 heteroatoms. The van der Waals surface area contributed by atoms with E-state index in [1.807, 2.05) is 13.8 Å². The molecule has 6 nitrogen and oxygen atoms in total. The topological polar surface area (TPSA) is 76.8 Å². The first-order chi connectivity index (χ1) is 7.11. The summed E-state index contributed by atoms with van der Waals surface area (Å²) < 4.78 is 0. The predicted octanol–water partition coefficient (Wildman–Crippen LogP) is 0.677. The molecular formula is C9H9N3O3. The van der Waals surface area contributed by atoms with E-state index < -0.39 is 4.92 Å². The number of nitrogens with zero attached hydrogens (tertiary/aromatic N) is 2. The highest BCUT2D eigenvalue weighted by atomic mass is 16.8. The molecule has 0 fully saturated rings. The molecule has 2 rings (SSSR count). The van der Waals surface area contributed by atoms with Crippen LogP contribution in [0.5, 0.6) is 0 Å². The summed E-state index contributed by atoms with van der Waals surface area (Å²) in [4.78, 5) is 14.9. The molecule has 1 N–H and O–H groups in total. The van der Waals surface area contributed by atoms with E-state index in [-0.39, 0.29) is 5.69 Å². The molecule has 1 aliphatic rings.